The fraction of sp³-hybridized carbons (Fsp3) is 0.400. The molecule has 1 aliphatic rings. The van der Waals surface area contributed by atoms with Crippen LogP contribution in [0.3, 0.4) is 0 Å². The number of methoxy groups -OCH3 is 2. The molecule has 0 bridgehead atoms. The molecule has 1 aliphatic carbocycles. The van der Waals surface area contributed by atoms with Crippen molar-refractivity contribution in [3.8, 4) is 11.5 Å². The van der Waals surface area contributed by atoms with Crippen molar-refractivity contribution in [2.45, 2.75) is 37.1 Å². The molecule has 1 fully saturated rings. The summed E-state index contributed by atoms with van der Waals surface area (Å²) in [7, 11) is 3.28. The first-order chi connectivity index (χ1) is 12.1. The van der Waals surface area contributed by atoms with Crippen molar-refractivity contribution in [3.63, 3.8) is 0 Å². The normalized spacial score (nSPS) is 25.8. The highest BCUT2D eigenvalue weighted by Crippen LogP contribution is 2.36. The average Bonchev–Trinajstić information content (AvgIpc) is 2.95. The zero-order valence-electron chi connectivity index (χ0n) is 14.6. The van der Waals surface area contributed by atoms with Crippen molar-refractivity contribution >= 4 is 0 Å². The Morgan fingerprint density at radius 3 is 2.04 bits per heavy atom. The number of aliphatic hydroxyl groups is 2. The lowest BCUT2D eigenvalue weighted by Gasteiger charge is -2.24. The van der Waals surface area contributed by atoms with Crippen LogP contribution in [-0.4, -0.2) is 42.7 Å². The van der Waals surface area contributed by atoms with E-state index in [1.165, 1.54) is 0 Å². The molecule has 134 valence electrons. The lowest BCUT2D eigenvalue weighted by molar-refractivity contribution is 0.0297. The number of benzene rings is 2. The van der Waals surface area contributed by atoms with Crippen molar-refractivity contribution in [2.75, 3.05) is 14.2 Å². The second-order valence-electron chi connectivity index (χ2n) is 6.43. The fourth-order valence-electron chi connectivity index (χ4n) is 3.46. The van der Waals surface area contributed by atoms with E-state index in [1.54, 1.807) is 14.2 Å². The van der Waals surface area contributed by atoms with E-state index in [0.717, 1.165) is 22.6 Å². The van der Waals surface area contributed by atoms with Crippen LogP contribution in [0.2, 0.25) is 0 Å². The summed E-state index contributed by atoms with van der Waals surface area (Å²) in [6.07, 6.45) is -0.973. The molecule has 0 aromatic heterocycles. The van der Waals surface area contributed by atoms with Gasteiger partial charge in [0.2, 0.25) is 0 Å². The average molecular weight is 343 g/mol. The Balaban J connectivity index is 1.71. The van der Waals surface area contributed by atoms with Crippen LogP contribution in [0.25, 0.3) is 0 Å². The first-order valence-electron chi connectivity index (χ1n) is 8.48. The number of ether oxygens (including phenoxy) is 2. The second kappa shape index (κ2) is 7.87. The molecule has 2 aromatic rings. The molecule has 1 saturated carbocycles. The fourth-order valence-corrected chi connectivity index (χ4v) is 3.46. The van der Waals surface area contributed by atoms with Gasteiger partial charge in [0.1, 0.15) is 11.5 Å². The SMILES string of the molecule is COc1ccc(CNC2C(c3ccc(OC)cc3)CC(O)C2O)cc1. The number of rotatable bonds is 6. The summed E-state index contributed by atoms with van der Waals surface area (Å²) in [6.45, 7) is 0.616. The molecular weight excluding hydrogens is 318 g/mol. The topological polar surface area (TPSA) is 71.0 Å². The van der Waals surface area contributed by atoms with Gasteiger partial charge in [0.05, 0.1) is 26.4 Å². The zero-order valence-corrected chi connectivity index (χ0v) is 14.6. The van der Waals surface area contributed by atoms with E-state index in [2.05, 4.69) is 5.32 Å². The van der Waals surface area contributed by atoms with Gasteiger partial charge in [-0.05, 0) is 41.8 Å². The van der Waals surface area contributed by atoms with Crippen molar-refractivity contribution in [2.24, 2.45) is 0 Å². The molecule has 3 rings (SSSR count). The van der Waals surface area contributed by atoms with E-state index < -0.39 is 12.2 Å². The van der Waals surface area contributed by atoms with Gasteiger partial charge < -0.3 is 25.0 Å². The van der Waals surface area contributed by atoms with E-state index in [0.29, 0.717) is 13.0 Å². The minimum absolute atomic E-state index is 0.0501. The third-order valence-electron chi connectivity index (χ3n) is 4.94. The van der Waals surface area contributed by atoms with E-state index in [-0.39, 0.29) is 12.0 Å². The summed E-state index contributed by atoms with van der Waals surface area (Å²) in [6, 6.07) is 15.4. The molecule has 3 N–H and O–H groups in total. The molecule has 0 radical (unpaired) electrons. The van der Waals surface area contributed by atoms with Gasteiger partial charge in [-0.25, -0.2) is 0 Å². The lowest BCUT2D eigenvalue weighted by atomic mass is 9.93. The Bertz CT molecular complexity index is 671. The van der Waals surface area contributed by atoms with Gasteiger partial charge in [0, 0.05) is 18.5 Å². The number of hydrogen-bond donors (Lipinski definition) is 3. The summed E-state index contributed by atoms with van der Waals surface area (Å²) in [4.78, 5) is 0. The molecule has 5 heteroatoms. The van der Waals surface area contributed by atoms with Gasteiger partial charge in [-0.3, -0.25) is 0 Å². The van der Waals surface area contributed by atoms with Crippen LogP contribution < -0.4 is 14.8 Å². The van der Waals surface area contributed by atoms with Gasteiger partial charge in [-0.2, -0.15) is 0 Å². The van der Waals surface area contributed by atoms with Crippen molar-refractivity contribution < 1.29 is 19.7 Å². The zero-order chi connectivity index (χ0) is 17.8. The molecule has 4 unspecified atom stereocenters. The predicted molar refractivity (Wildman–Crippen MR) is 96.0 cm³/mol. The van der Waals surface area contributed by atoms with Crippen molar-refractivity contribution in [3.05, 3.63) is 59.7 Å². The van der Waals surface area contributed by atoms with Crippen LogP contribution in [-0.2, 0) is 6.54 Å². The molecule has 0 aliphatic heterocycles. The minimum atomic E-state index is -0.787. The maximum atomic E-state index is 10.4. The molecule has 0 amide bonds. The Labute approximate surface area is 148 Å². The molecule has 0 heterocycles. The third kappa shape index (κ3) is 3.95. The summed E-state index contributed by atoms with van der Waals surface area (Å²) in [5.74, 6) is 1.66. The minimum Gasteiger partial charge on any atom is -0.497 e. The highest BCUT2D eigenvalue weighted by atomic mass is 16.5. The molecule has 2 aromatic carbocycles. The Hall–Kier alpha value is -2.08. The highest BCUT2D eigenvalue weighted by molar-refractivity contribution is 5.32. The van der Waals surface area contributed by atoms with Crippen molar-refractivity contribution in [1.82, 2.24) is 5.32 Å². The standard InChI is InChI=1S/C20H25NO4/c1-24-15-7-3-13(4-8-15)12-21-19-17(11-18(22)20(19)23)14-5-9-16(25-2)10-6-14/h3-10,17-23H,11-12H2,1-2H3. The van der Waals surface area contributed by atoms with E-state index >= 15 is 0 Å². The monoisotopic (exact) mass is 343 g/mol. The van der Waals surface area contributed by atoms with Gasteiger partial charge in [0.25, 0.3) is 0 Å². The molecular formula is C20H25NO4. The van der Waals surface area contributed by atoms with Crippen LogP contribution in [0.15, 0.2) is 48.5 Å². The smallest absolute Gasteiger partial charge is 0.118 e. The summed E-state index contributed by atoms with van der Waals surface area (Å²) < 4.78 is 10.4. The summed E-state index contributed by atoms with van der Waals surface area (Å²) >= 11 is 0. The van der Waals surface area contributed by atoms with Crippen molar-refractivity contribution in [1.29, 1.82) is 0 Å². The first-order valence-corrected chi connectivity index (χ1v) is 8.48. The van der Waals surface area contributed by atoms with Gasteiger partial charge in [-0.15, -0.1) is 0 Å². The van der Waals surface area contributed by atoms with Crippen LogP contribution in [0, 0.1) is 0 Å². The quantitative estimate of drug-likeness (QED) is 0.749. The second-order valence-corrected chi connectivity index (χ2v) is 6.43. The summed E-state index contributed by atoms with van der Waals surface area (Å²) in [5.41, 5.74) is 2.19. The molecule has 0 saturated heterocycles. The number of aliphatic hydroxyl groups excluding tert-OH is 2. The molecule has 5 nitrogen and oxygen atoms in total. The maximum Gasteiger partial charge on any atom is 0.118 e. The van der Waals surface area contributed by atoms with Gasteiger partial charge in [0.15, 0.2) is 0 Å². The largest absolute Gasteiger partial charge is 0.497 e. The highest BCUT2D eigenvalue weighted by Gasteiger charge is 2.41. The lowest BCUT2D eigenvalue weighted by Crippen LogP contribution is -2.41. The summed E-state index contributed by atoms with van der Waals surface area (Å²) in [5, 5.41) is 23.9. The third-order valence-corrected chi connectivity index (χ3v) is 4.94. The van der Waals surface area contributed by atoms with E-state index in [1.807, 2.05) is 48.5 Å². The molecule has 25 heavy (non-hydrogen) atoms. The Morgan fingerprint density at radius 2 is 1.48 bits per heavy atom. The van der Waals surface area contributed by atoms with Crippen LogP contribution >= 0.6 is 0 Å². The Morgan fingerprint density at radius 1 is 0.920 bits per heavy atom. The van der Waals surface area contributed by atoms with Gasteiger partial charge in [-0.1, -0.05) is 24.3 Å². The Kier molecular flexibility index (Phi) is 5.58. The van der Waals surface area contributed by atoms with Crippen LogP contribution in [0.1, 0.15) is 23.5 Å². The van der Waals surface area contributed by atoms with Gasteiger partial charge >= 0.3 is 0 Å². The van der Waals surface area contributed by atoms with E-state index in [9.17, 15) is 10.2 Å². The number of hydrogen-bond acceptors (Lipinski definition) is 5. The van der Waals surface area contributed by atoms with E-state index in [4.69, 9.17) is 9.47 Å². The molecule has 4 atom stereocenters. The number of nitrogens with one attached hydrogen (secondary N) is 1. The first kappa shape index (κ1) is 17.7. The predicted octanol–water partition coefficient (Wildman–Crippen LogP) is 2.07. The van der Waals surface area contributed by atoms with Crippen LogP contribution in [0.5, 0.6) is 11.5 Å². The maximum absolute atomic E-state index is 10.4. The van der Waals surface area contributed by atoms with Crippen LogP contribution in [0.4, 0.5) is 0 Å². The molecule has 0 spiro atoms.